The van der Waals surface area contributed by atoms with E-state index in [0.717, 1.165) is 0 Å². The van der Waals surface area contributed by atoms with Crippen LogP contribution in [0.2, 0.25) is 0 Å². The normalized spacial score (nSPS) is 10.5. The highest BCUT2D eigenvalue weighted by Gasteiger charge is 2.15. The molecule has 0 radical (unpaired) electrons. The van der Waals surface area contributed by atoms with Crippen molar-refractivity contribution in [2.45, 2.75) is 12.1 Å². The Bertz CT molecular complexity index is 970. The standard InChI is InChI=1S/C15H11N5O2S/c1-8-17-14(22-20-8)10-5-3-4-9(6-10)12-11(7-16)13(21)19-15(18-12)23-2/h3-6H,1-2H3,(H,18,19,21). The zero-order valence-corrected chi connectivity index (χ0v) is 13.1. The highest BCUT2D eigenvalue weighted by Crippen LogP contribution is 2.26. The Morgan fingerprint density at radius 2 is 2.09 bits per heavy atom. The van der Waals surface area contributed by atoms with Crippen LogP contribution in [-0.2, 0) is 0 Å². The number of H-pyrrole nitrogens is 1. The van der Waals surface area contributed by atoms with Gasteiger partial charge < -0.3 is 9.51 Å². The maximum Gasteiger partial charge on any atom is 0.270 e. The van der Waals surface area contributed by atoms with Gasteiger partial charge in [-0.3, -0.25) is 4.79 Å². The molecule has 2 aromatic heterocycles. The maximum absolute atomic E-state index is 12.0. The van der Waals surface area contributed by atoms with Gasteiger partial charge in [-0.05, 0) is 25.3 Å². The van der Waals surface area contributed by atoms with Crippen LogP contribution in [-0.4, -0.2) is 26.4 Å². The van der Waals surface area contributed by atoms with Gasteiger partial charge in [0, 0.05) is 11.1 Å². The molecule has 2 heterocycles. The fourth-order valence-corrected chi connectivity index (χ4v) is 2.45. The molecule has 3 aromatic rings. The molecule has 114 valence electrons. The van der Waals surface area contributed by atoms with E-state index in [9.17, 15) is 10.1 Å². The summed E-state index contributed by atoms with van der Waals surface area (Å²) in [7, 11) is 0. The second kappa shape index (κ2) is 6.06. The quantitative estimate of drug-likeness (QED) is 0.581. The topological polar surface area (TPSA) is 108 Å². The monoisotopic (exact) mass is 325 g/mol. The number of aryl methyl sites for hydroxylation is 1. The Labute approximate surface area is 135 Å². The van der Waals surface area contributed by atoms with Crippen molar-refractivity contribution in [1.29, 1.82) is 5.26 Å². The van der Waals surface area contributed by atoms with Gasteiger partial charge in [0.15, 0.2) is 11.0 Å². The number of aromatic amines is 1. The predicted octanol–water partition coefficient (Wildman–Crippen LogP) is 2.39. The van der Waals surface area contributed by atoms with Gasteiger partial charge in [-0.1, -0.05) is 29.1 Å². The van der Waals surface area contributed by atoms with E-state index >= 15 is 0 Å². The smallest absolute Gasteiger partial charge is 0.270 e. The fourth-order valence-electron chi connectivity index (χ4n) is 2.08. The lowest BCUT2D eigenvalue weighted by atomic mass is 10.0. The minimum Gasteiger partial charge on any atom is -0.334 e. The lowest BCUT2D eigenvalue weighted by Gasteiger charge is -2.06. The minimum absolute atomic E-state index is 0.0262. The average molecular weight is 325 g/mol. The summed E-state index contributed by atoms with van der Waals surface area (Å²) in [5, 5.41) is 13.5. The lowest BCUT2D eigenvalue weighted by Crippen LogP contribution is -2.14. The van der Waals surface area contributed by atoms with Crippen molar-refractivity contribution in [2.75, 3.05) is 6.26 Å². The van der Waals surface area contributed by atoms with Crippen LogP contribution in [0.5, 0.6) is 0 Å². The molecule has 1 aromatic carbocycles. The van der Waals surface area contributed by atoms with Crippen molar-refractivity contribution < 1.29 is 4.52 Å². The van der Waals surface area contributed by atoms with E-state index in [-0.39, 0.29) is 5.56 Å². The van der Waals surface area contributed by atoms with E-state index < -0.39 is 5.56 Å². The van der Waals surface area contributed by atoms with Crippen LogP contribution in [0.1, 0.15) is 11.4 Å². The van der Waals surface area contributed by atoms with E-state index in [4.69, 9.17) is 4.52 Å². The van der Waals surface area contributed by atoms with Crippen LogP contribution in [0.3, 0.4) is 0 Å². The second-order valence-electron chi connectivity index (χ2n) is 4.64. The minimum atomic E-state index is -0.458. The van der Waals surface area contributed by atoms with Crippen LogP contribution >= 0.6 is 11.8 Å². The first-order chi connectivity index (χ1) is 11.1. The second-order valence-corrected chi connectivity index (χ2v) is 5.43. The number of nitrogens with one attached hydrogen (secondary N) is 1. The van der Waals surface area contributed by atoms with Crippen molar-refractivity contribution in [1.82, 2.24) is 20.1 Å². The number of benzene rings is 1. The molecule has 8 heteroatoms. The molecule has 0 aliphatic carbocycles. The SMILES string of the molecule is CSc1nc(-c2cccc(-c3nc(C)no3)c2)c(C#N)c(=O)[nH]1. The third kappa shape index (κ3) is 2.86. The molecule has 0 amide bonds. The van der Waals surface area contributed by atoms with Crippen molar-refractivity contribution >= 4 is 11.8 Å². The number of nitrogens with zero attached hydrogens (tertiary/aromatic N) is 4. The summed E-state index contributed by atoms with van der Waals surface area (Å²) < 4.78 is 5.15. The molecule has 0 atom stereocenters. The average Bonchev–Trinajstić information content (AvgIpc) is 3.00. The van der Waals surface area contributed by atoms with Gasteiger partial charge in [0.2, 0.25) is 0 Å². The van der Waals surface area contributed by atoms with Crippen LogP contribution in [0.4, 0.5) is 0 Å². The van der Waals surface area contributed by atoms with Crippen molar-refractivity contribution in [3.8, 4) is 28.8 Å². The van der Waals surface area contributed by atoms with Gasteiger partial charge in [0.05, 0.1) is 5.69 Å². The summed E-state index contributed by atoms with van der Waals surface area (Å²) in [6.45, 7) is 1.73. The van der Waals surface area contributed by atoms with Gasteiger partial charge in [0.1, 0.15) is 11.6 Å². The zero-order chi connectivity index (χ0) is 16.4. The Morgan fingerprint density at radius 1 is 1.30 bits per heavy atom. The van der Waals surface area contributed by atoms with Gasteiger partial charge in [0.25, 0.3) is 11.4 Å². The molecule has 0 aliphatic rings. The number of rotatable bonds is 3. The molecule has 23 heavy (non-hydrogen) atoms. The van der Waals surface area contributed by atoms with E-state index in [1.807, 2.05) is 12.1 Å². The molecule has 0 unspecified atom stereocenters. The third-order valence-electron chi connectivity index (χ3n) is 3.11. The summed E-state index contributed by atoms with van der Waals surface area (Å²) in [4.78, 5) is 23.1. The van der Waals surface area contributed by atoms with Gasteiger partial charge in [-0.2, -0.15) is 10.2 Å². The van der Waals surface area contributed by atoms with Crippen LogP contribution in [0.15, 0.2) is 38.7 Å². The first-order valence-corrected chi connectivity index (χ1v) is 7.84. The first-order valence-electron chi connectivity index (χ1n) is 6.62. The summed E-state index contributed by atoms with van der Waals surface area (Å²) in [6, 6.07) is 9.05. The molecule has 0 saturated carbocycles. The molecule has 0 bridgehead atoms. The summed E-state index contributed by atoms with van der Waals surface area (Å²) in [5.41, 5.74) is 1.18. The summed E-state index contributed by atoms with van der Waals surface area (Å²) in [6.07, 6.45) is 1.80. The molecule has 1 N–H and O–H groups in total. The summed E-state index contributed by atoms with van der Waals surface area (Å²) >= 11 is 1.30. The van der Waals surface area contributed by atoms with Crippen molar-refractivity contribution in [2.24, 2.45) is 0 Å². The van der Waals surface area contributed by atoms with Crippen LogP contribution in [0.25, 0.3) is 22.7 Å². The maximum atomic E-state index is 12.0. The number of nitriles is 1. The lowest BCUT2D eigenvalue weighted by molar-refractivity contribution is 0.425. The first kappa shape index (κ1) is 15.0. The van der Waals surface area contributed by atoms with Crippen LogP contribution < -0.4 is 5.56 Å². The number of aromatic nitrogens is 4. The molecule has 3 rings (SSSR count). The zero-order valence-electron chi connectivity index (χ0n) is 12.3. The largest absolute Gasteiger partial charge is 0.334 e. The number of hydrogen-bond acceptors (Lipinski definition) is 7. The fraction of sp³-hybridized carbons (Fsp3) is 0.133. The van der Waals surface area contributed by atoms with E-state index in [1.165, 1.54) is 11.8 Å². The number of thioether (sulfide) groups is 1. The van der Waals surface area contributed by atoms with Gasteiger partial charge in [-0.15, -0.1) is 0 Å². The third-order valence-corrected chi connectivity index (χ3v) is 3.69. The molecule has 0 spiro atoms. The number of hydrogen-bond donors (Lipinski definition) is 1. The molecular weight excluding hydrogens is 314 g/mol. The molecule has 7 nitrogen and oxygen atoms in total. The van der Waals surface area contributed by atoms with E-state index in [0.29, 0.717) is 33.7 Å². The van der Waals surface area contributed by atoms with Gasteiger partial charge >= 0.3 is 0 Å². The predicted molar refractivity (Wildman–Crippen MR) is 84.8 cm³/mol. The van der Waals surface area contributed by atoms with Crippen molar-refractivity contribution in [3.63, 3.8) is 0 Å². The Kier molecular flexibility index (Phi) is 3.95. The Morgan fingerprint density at radius 3 is 2.74 bits per heavy atom. The Hall–Kier alpha value is -2.92. The molecular formula is C15H11N5O2S. The van der Waals surface area contributed by atoms with E-state index in [1.54, 1.807) is 31.4 Å². The van der Waals surface area contributed by atoms with Crippen LogP contribution in [0, 0.1) is 18.3 Å². The highest BCUT2D eigenvalue weighted by atomic mass is 32.2. The Balaban J connectivity index is 2.18. The van der Waals surface area contributed by atoms with Crippen molar-refractivity contribution in [3.05, 3.63) is 46.0 Å². The summed E-state index contributed by atoms with van der Waals surface area (Å²) in [5.74, 6) is 0.903. The molecule has 0 saturated heterocycles. The molecule has 0 fully saturated rings. The highest BCUT2D eigenvalue weighted by molar-refractivity contribution is 7.98. The van der Waals surface area contributed by atoms with E-state index in [2.05, 4.69) is 20.1 Å². The molecule has 0 aliphatic heterocycles. The van der Waals surface area contributed by atoms with Gasteiger partial charge in [-0.25, -0.2) is 4.98 Å².